The van der Waals surface area contributed by atoms with Crippen LogP contribution in [0.4, 0.5) is 0 Å². The summed E-state index contributed by atoms with van der Waals surface area (Å²) in [5.74, 6) is 1.51. The van der Waals surface area contributed by atoms with Gasteiger partial charge in [-0.1, -0.05) is 13.8 Å². The fourth-order valence-corrected chi connectivity index (χ4v) is 4.80. The predicted molar refractivity (Wildman–Crippen MR) is 58.5 cm³/mol. The van der Waals surface area contributed by atoms with Crippen molar-refractivity contribution in [3.05, 3.63) is 11.3 Å². The molecule has 0 aromatic heterocycles. The van der Waals surface area contributed by atoms with E-state index in [4.69, 9.17) is 5.73 Å². The maximum absolute atomic E-state index is 9.30. The maximum Gasteiger partial charge on any atom is 0.0971 e. The minimum Gasteiger partial charge on any atom is -0.401 e. The molecule has 0 saturated heterocycles. The number of hydrogen-bond donors (Lipinski definition) is 1. The number of nitrogens with zero attached hydrogens (tertiary/aromatic N) is 1. The van der Waals surface area contributed by atoms with Gasteiger partial charge in [0.05, 0.1) is 11.6 Å². The van der Waals surface area contributed by atoms with E-state index in [9.17, 15) is 5.26 Å². The van der Waals surface area contributed by atoms with Gasteiger partial charge in [0.15, 0.2) is 0 Å². The zero-order valence-electron chi connectivity index (χ0n) is 9.51. The van der Waals surface area contributed by atoms with E-state index < -0.39 is 0 Å². The van der Waals surface area contributed by atoms with Crippen molar-refractivity contribution in [3.8, 4) is 6.07 Å². The third-order valence-electron chi connectivity index (χ3n) is 5.85. The second kappa shape index (κ2) is 2.40. The largest absolute Gasteiger partial charge is 0.401 e. The van der Waals surface area contributed by atoms with Gasteiger partial charge >= 0.3 is 0 Å². The van der Waals surface area contributed by atoms with Crippen LogP contribution < -0.4 is 5.73 Å². The first kappa shape index (κ1) is 9.27. The van der Waals surface area contributed by atoms with Crippen molar-refractivity contribution < 1.29 is 0 Å². The highest BCUT2D eigenvalue weighted by molar-refractivity contribution is 5.44. The Hall–Kier alpha value is -0.970. The highest BCUT2D eigenvalue weighted by Gasteiger charge is 2.67. The topological polar surface area (TPSA) is 49.8 Å². The number of nitrogens with two attached hydrogens (primary N) is 1. The molecule has 2 saturated carbocycles. The Morgan fingerprint density at radius 2 is 2.00 bits per heavy atom. The molecule has 2 nitrogen and oxygen atoms in total. The summed E-state index contributed by atoms with van der Waals surface area (Å²) in [6, 6.07) is 2.39. The molecular weight excluding hydrogens is 184 g/mol. The second-order valence-electron chi connectivity index (χ2n) is 6.02. The van der Waals surface area contributed by atoms with E-state index in [-0.39, 0.29) is 10.8 Å². The van der Waals surface area contributed by atoms with Crippen molar-refractivity contribution >= 4 is 0 Å². The van der Waals surface area contributed by atoms with Crippen molar-refractivity contribution in [2.75, 3.05) is 0 Å². The van der Waals surface area contributed by atoms with Gasteiger partial charge in [-0.25, -0.2) is 0 Å². The molecule has 0 unspecified atom stereocenters. The van der Waals surface area contributed by atoms with E-state index in [1.165, 1.54) is 19.3 Å². The lowest BCUT2D eigenvalue weighted by Crippen LogP contribution is -2.40. The maximum atomic E-state index is 9.30. The average Bonchev–Trinajstić information content (AvgIpc) is 2.76. The van der Waals surface area contributed by atoms with Crippen molar-refractivity contribution in [1.82, 2.24) is 0 Å². The lowest BCUT2D eigenvalue weighted by Gasteiger charge is -2.45. The van der Waals surface area contributed by atoms with Gasteiger partial charge in [0, 0.05) is 11.1 Å². The third kappa shape index (κ3) is 0.748. The first-order chi connectivity index (χ1) is 7.04. The minimum absolute atomic E-state index is 0.0920. The fourth-order valence-electron chi connectivity index (χ4n) is 4.80. The lowest BCUT2D eigenvalue weighted by atomic mass is 9.57. The van der Waals surface area contributed by atoms with Crippen LogP contribution in [0.15, 0.2) is 11.3 Å². The van der Waals surface area contributed by atoms with E-state index >= 15 is 0 Å². The molecule has 0 amide bonds. The Morgan fingerprint density at radius 3 is 2.67 bits per heavy atom. The van der Waals surface area contributed by atoms with Crippen LogP contribution in [-0.4, -0.2) is 0 Å². The van der Waals surface area contributed by atoms with Crippen LogP contribution in [0.2, 0.25) is 0 Å². The Balaban J connectivity index is 2.18. The zero-order chi connectivity index (χ0) is 10.8. The molecule has 0 spiro atoms. The summed E-state index contributed by atoms with van der Waals surface area (Å²) in [5.41, 5.74) is 8.22. The van der Waals surface area contributed by atoms with Gasteiger partial charge in [0.25, 0.3) is 0 Å². The zero-order valence-corrected chi connectivity index (χ0v) is 9.51. The quantitative estimate of drug-likeness (QED) is 0.656. The number of allylic oxidation sites excluding steroid dienone is 2. The van der Waals surface area contributed by atoms with Gasteiger partial charge in [-0.05, 0) is 42.9 Å². The van der Waals surface area contributed by atoms with Crippen LogP contribution >= 0.6 is 0 Å². The van der Waals surface area contributed by atoms with E-state index in [0.29, 0.717) is 5.92 Å². The number of rotatable bonds is 0. The SMILES string of the molecule is C[C@@]12C(C#N)=C(N)C[C@]1(C)[C@@H]1CC[C@H]2C1. The Bertz CT molecular complexity index is 403. The fraction of sp³-hybridized carbons (Fsp3) is 0.769. The highest BCUT2D eigenvalue weighted by Crippen LogP contribution is 2.73. The van der Waals surface area contributed by atoms with Gasteiger partial charge in [-0.3, -0.25) is 0 Å². The molecular formula is C13H18N2. The summed E-state index contributed by atoms with van der Waals surface area (Å²) in [4.78, 5) is 0. The first-order valence-corrected chi connectivity index (χ1v) is 5.93. The summed E-state index contributed by atoms with van der Waals surface area (Å²) < 4.78 is 0. The molecule has 0 aromatic carbocycles. The molecule has 3 rings (SSSR count). The van der Waals surface area contributed by atoms with Crippen molar-refractivity contribution in [1.29, 1.82) is 5.26 Å². The first-order valence-electron chi connectivity index (χ1n) is 5.93. The Morgan fingerprint density at radius 1 is 1.33 bits per heavy atom. The minimum atomic E-state index is 0.0920. The molecule has 15 heavy (non-hydrogen) atoms. The number of nitriles is 1. The third-order valence-corrected chi connectivity index (χ3v) is 5.85. The Labute approximate surface area is 91.1 Å². The van der Waals surface area contributed by atoms with Crippen LogP contribution in [0.25, 0.3) is 0 Å². The monoisotopic (exact) mass is 202 g/mol. The van der Waals surface area contributed by atoms with Crippen molar-refractivity contribution in [3.63, 3.8) is 0 Å². The second-order valence-corrected chi connectivity index (χ2v) is 6.02. The Kier molecular flexibility index (Phi) is 1.48. The standard InChI is InChI=1S/C13H18N2/c1-12-6-11(15)10(7-14)13(12,2)9-4-3-8(12)5-9/h8-9H,3-6,15H2,1-2H3/t8-,9+,12-,13-/m1/s1. The van der Waals surface area contributed by atoms with Gasteiger partial charge in [0.2, 0.25) is 0 Å². The highest BCUT2D eigenvalue weighted by atomic mass is 14.8. The van der Waals surface area contributed by atoms with E-state index in [1.807, 2.05) is 0 Å². The molecule has 4 atom stereocenters. The molecule has 3 aliphatic rings. The van der Waals surface area contributed by atoms with Crippen LogP contribution in [-0.2, 0) is 0 Å². The summed E-state index contributed by atoms with van der Waals surface area (Å²) in [5, 5.41) is 9.30. The molecule has 2 bridgehead atoms. The number of fused-ring (bicyclic) bond motifs is 5. The van der Waals surface area contributed by atoms with Crippen LogP contribution in [0.3, 0.4) is 0 Å². The van der Waals surface area contributed by atoms with Gasteiger partial charge in [-0.2, -0.15) is 5.26 Å². The summed E-state index contributed by atoms with van der Waals surface area (Å²) >= 11 is 0. The molecule has 0 aromatic rings. The molecule has 2 heteroatoms. The molecule has 2 N–H and O–H groups in total. The van der Waals surface area contributed by atoms with E-state index in [2.05, 4.69) is 19.9 Å². The summed E-state index contributed by atoms with van der Waals surface area (Å²) in [6.07, 6.45) is 4.93. The molecule has 0 heterocycles. The molecule has 0 aliphatic heterocycles. The van der Waals surface area contributed by atoms with Crippen molar-refractivity contribution in [2.24, 2.45) is 28.4 Å². The van der Waals surface area contributed by atoms with Gasteiger partial charge in [0.1, 0.15) is 0 Å². The number of hydrogen-bond acceptors (Lipinski definition) is 2. The van der Waals surface area contributed by atoms with Crippen LogP contribution in [0, 0.1) is 34.0 Å². The summed E-state index contributed by atoms with van der Waals surface area (Å²) in [6.45, 7) is 4.64. The summed E-state index contributed by atoms with van der Waals surface area (Å²) in [7, 11) is 0. The van der Waals surface area contributed by atoms with Gasteiger partial charge in [-0.15, -0.1) is 0 Å². The molecule has 2 fully saturated rings. The van der Waals surface area contributed by atoms with Crippen LogP contribution in [0.5, 0.6) is 0 Å². The van der Waals surface area contributed by atoms with Crippen molar-refractivity contribution in [2.45, 2.75) is 39.5 Å². The predicted octanol–water partition coefficient (Wildman–Crippen LogP) is 2.57. The van der Waals surface area contributed by atoms with E-state index in [1.54, 1.807) is 0 Å². The average molecular weight is 202 g/mol. The molecule has 0 radical (unpaired) electrons. The normalized spacial score (nSPS) is 52.1. The van der Waals surface area contributed by atoms with Gasteiger partial charge < -0.3 is 5.73 Å². The molecule has 80 valence electrons. The van der Waals surface area contributed by atoms with E-state index in [0.717, 1.165) is 23.6 Å². The van der Waals surface area contributed by atoms with Crippen LogP contribution in [0.1, 0.15) is 39.5 Å². The molecule has 3 aliphatic carbocycles. The smallest absolute Gasteiger partial charge is 0.0971 e. The lowest BCUT2D eigenvalue weighted by molar-refractivity contribution is 0.0594.